The highest BCUT2D eigenvalue weighted by Crippen LogP contribution is 2.13. The van der Waals surface area contributed by atoms with Gasteiger partial charge in [0.05, 0.1) is 19.4 Å². The molecule has 0 spiro atoms. The first-order valence-corrected chi connectivity index (χ1v) is 5.37. The summed E-state index contributed by atoms with van der Waals surface area (Å²) < 4.78 is 5.26. The van der Waals surface area contributed by atoms with Crippen LogP contribution in [0.5, 0.6) is 0 Å². The Bertz CT molecular complexity index is 483. The molecule has 0 saturated heterocycles. The zero-order valence-electron chi connectivity index (χ0n) is 9.92. The van der Waals surface area contributed by atoms with Crippen molar-refractivity contribution in [1.29, 1.82) is 0 Å². The largest absolute Gasteiger partial charge is 0.467 e. The minimum Gasteiger partial charge on any atom is -0.467 e. The van der Waals surface area contributed by atoms with Gasteiger partial charge in [0.25, 0.3) is 0 Å². The Hall–Kier alpha value is -1.88. The van der Waals surface area contributed by atoms with E-state index in [2.05, 4.69) is 9.97 Å². The van der Waals surface area contributed by atoms with Gasteiger partial charge in [-0.1, -0.05) is 0 Å². The topological polar surface area (TPSA) is 62.4 Å². The van der Waals surface area contributed by atoms with Gasteiger partial charge in [-0.25, -0.2) is 9.97 Å². The van der Waals surface area contributed by atoms with E-state index in [0.29, 0.717) is 12.5 Å². The average Bonchev–Trinajstić information content (AvgIpc) is 2.81. The fraction of sp³-hybridized carbons (Fsp3) is 0.333. The minimum atomic E-state index is -0.0337. The fourth-order valence-corrected chi connectivity index (χ4v) is 1.53. The molecule has 5 heteroatoms. The summed E-state index contributed by atoms with van der Waals surface area (Å²) in [4.78, 5) is 10.4. The van der Waals surface area contributed by atoms with Crippen LogP contribution < -0.4 is 4.90 Å². The molecular formula is C12H15N3O2. The van der Waals surface area contributed by atoms with Crippen LogP contribution in [0.4, 0.5) is 5.95 Å². The number of furan rings is 1. The average molecular weight is 233 g/mol. The van der Waals surface area contributed by atoms with Crippen molar-refractivity contribution < 1.29 is 9.52 Å². The van der Waals surface area contributed by atoms with Gasteiger partial charge in [0.1, 0.15) is 5.76 Å². The molecule has 2 aromatic rings. The molecule has 2 rings (SSSR count). The quantitative estimate of drug-likeness (QED) is 0.867. The van der Waals surface area contributed by atoms with Crippen LogP contribution in [0.25, 0.3) is 0 Å². The van der Waals surface area contributed by atoms with E-state index in [-0.39, 0.29) is 6.61 Å². The molecule has 2 aromatic heterocycles. The molecule has 0 fully saturated rings. The molecule has 0 aromatic carbocycles. The molecule has 0 atom stereocenters. The van der Waals surface area contributed by atoms with Crippen LogP contribution in [0.2, 0.25) is 0 Å². The molecule has 0 aliphatic heterocycles. The second kappa shape index (κ2) is 4.97. The number of rotatable bonds is 4. The number of hydrogen-bond acceptors (Lipinski definition) is 5. The van der Waals surface area contributed by atoms with E-state index in [1.165, 1.54) is 0 Å². The highest BCUT2D eigenvalue weighted by atomic mass is 16.3. The van der Waals surface area contributed by atoms with E-state index in [0.717, 1.165) is 17.0 Å². The van der Waals surface area contributed by atoms with Crippen LogP contribution >= 0.6 is 0 Å². The maximum absolute atomic E-state index is 9.05. The van der Waals surface area contributed by atoms with Crippen LogP contribution in [0.3, 0.4) is 0 Å². The van der Waals surface area contributed by atoms with Crippen molar-refractivity contribution in [2.45, 2.75) is 20.1 Å². The van der Waals surface area contributed by atoms with Gasteiger partial charge in [-0.15, -0.1) is 0 Å². The van der Waals surface area contributed by atoms with Crippen molar-refractivity contribution >= 4 is 5.95 Å². The Morgan fingerprint density at radius 2 is 2.29 bits per heavy atom. The van der Waals surface area contributed by atoms with Crippen molar-refractivity contribution in [2.75, 3.05) is 11.9 Å². The van der Waals surface area contributed by atoms with Crippen molar-refractivity contribution in [3.63, 3.8) is 0 Å². The van der Waals surface area contributed by atoms with Gasteiger partial charge < -0.3 is 14.4 Å². The van der Waals surface area contributed by atoms with Gasteiger partial charge in [0.2, 0.25) is 5.95 Å². The van der Waals surface area contributed by atoms with E-state index in [9.17, 15) is 0 Å². The monoisotopic (exact) mass is 233 g/mol. The predicted molar refractivity (Wildman–Crippen MR) is 63.5 cm³/mol. The Labute approximate surface area is 99.7 Å². The van der Waals surface area contributed by atoms with Gasteiger partial charge >= 0.3 is 0 Å². The van der Waals surface area contributed by atoms with Crippen LogP contribution in [0, 0.1) is 6.92 Å². The van der Waals surface area contributed by atoms with Gasteiger partial charge in [-0.05, 0) is 19.1 Å². The smallest absolute Gasteiger partial charge is 0.225 e. The lowest BCUT2D eigenvalue weighted by Gasteiger charge is -2.16. The van der Waals surface area contributed by atoms with E-state index in [1.54, 1.807) is 12.5 Å². The number of anilines is 1. The normalized spacial score (nSPS) is 10.5. The Balaban J connectivity index is 2.14. The summed E-state index contributed by atoms with van der Waals surface area (Å²) >= 11 is 0. The van der Waals surface area contributed by atoms with Crippen molar-refractivity contribution in [3.05, 3.63) is 41.6 Å². The number of nitrogens with zero attached hydrogens (tertiary/aromatic N) is 3. The predicted octanol–water partition coefficient (Wildman–Crippen LogP) is 1.51. The zero-order valence-corrected chi connectivity index (χ0v) is 9.92. The molecule has 0 radical (unpaired) electrons. The second-order valence-electron chi connectivity index (χ2n) is 3.87. The van der Waals surface area contributed by atoms with Gasteiger partial charge in [-0.2, -0.15) is 0 Å². The number of hydrogen-bond donors (Lipinski definition) is 1. The van der Waals surface area contributed by atoms with E-state index in [1.807, 2.05) is 31.0 Å². The first-order valence-electron chi connectivity index (χ1n) is 5.37. The Morgan fingerprint density at radius 1 is 1.47 bits per heavy atom. The second-order valence-corrected chi connectivity index (χ2v) is 3.87. The number of aryl methyl sites for hydroxylation is 1. The Kier molecular flexibility index (Phi) is 3.39. The summed E-state index contributed by atoms with van der Waals surface area (Å²) in [6.07, 6.45) is 3.29. The molecule has 0 bridgehead atoms. The highest BCUT2D eigenvalue weighted by Gasteiger charge is 2.08. The van der Waals surface area contributed by atoms with E-state index >= 15 is 0 Å². The number of aliphatic hydroxyl groups is 1. The maximum atomic E-state index is 9.05. The third-order valence-electron chi connectivity index (χ3n) is 2.55. The van der Waals surface area contributed by atoms with E-state index in [4.69, 9.17) is 9.52 Å². The van der Waals surface area contributed by atoms with Gasteiger partial charge in [0, 0.05) is 24.5 Å². The summed E-state index contributed by atoms with van der Waals surface area (Å²) in [7, 11) is 1.90. The van der Waals surface area contributed by atoms with Crippen LogP contribution in [-0.2, 0) is 13.2 Å². The summed E-state index contributed by atoms with van der Waals surface area (Å²) in [6.45, 7) is 2.44. The zero-order chi connectivity index (χ0) is 12.3. The lowest BCUT2D eigenvalue weighted by atomic mass is 10.2. The molecule has 2 heterocycles. The molecular weight excluding hydrogens is 218 g/mol. The summed E-state index contributed by atoms with van der Waals surface area (Å²) in [5, 5.41) is 9.05. The molecule has 5 nitrogen and oxygen atoms in total. The third kappa shape index (κ3) is 2.62. The molecule has 1 N–H and O–H groups in total. The van der Waals surface area contributed by atoms with Crippen molar-refractivity contribution in [2.24, 2.45) is 0 Å². The number of aromatic nitrogens is 2. The molecule has 0 aliphatic rings. The maximum Gasteiger partial charge on any atom is 0.225 e. The van der Waals surface area contributed by atoms with Crippen LogP contribution in [0.1, 0.15) is 17.0 Å². The number of aliphatic hydroxyl groups excluding tert-OH is 1. The standard InChI is InChI=1S/C12H15N3O2/c1-9-10(8-16)6-13-12(14-9)15(2)7-11-4-3-5-17-11/h3-6,16H,7-8H2,1-2H3. The van der Waals surface area contributed by atoms with Gasteiger partial charge in [0.15, 0.2) is 0 Å². The van der Waals surface area contributed by atoms with Gasteiger partial charge in [-0.3, -0.25) is 0 Å². The Morgan fingerprint density at radius 3 is 2.88 bits per heavy atom. The van der Waals surface area contributed by atoms with Crippen LogP contribution in [-0.4, -0.2) is 22.1 Å². The summed E-state index contributed by atoms with van der Waals surface area (Å²) in [5.74, 6) is 1.48. The van der Waals surface area contributed by atoms with Crippen molar-refractivity contribution in [1.82, 2.24) is 9.97 Å². The minimum absolute atomic E-state index is 0.0337. The summed E-state index contributed by atoms with van der Waals surface area (Å²) in [6, 6.07) is 3.76. The van der Waals surface area contributed by atoms with Crippen molar-refractivity contribution in [3.8, 4) is 0 Å². The SMILES string of the molecule is Cc1nc(N(C)Cc2ccco2)ncc1CO. The lowest BCUT2D eigenvalue weighted by Crippen LogP contribution is -2.19. The lowest BCUT2D eigenvalue weighted by molar-refractivity contribution is 0.280. The molecule has 0 unspecified atom stereocenters. The highest BCUT2D eigenvalue weighted by molar-refractivity contribution is 5.32. The van der Waals surface area contributed by atoms with Crippen LogP contribution in [0.15, 0.2) is 29.0 Å². The molecule has 0 saturated carbocycles. The summed E-state index contributed by atoms with van der Waals surface area (Å²) in [5.41, 5.74) is 1.55. The molecule has 0 amide bonds. The first kappa shape index (κ1) is 11.6. The molecule has 17 heavy (non-hydrogen) atoms. The molecule has 90 valence electrons. The fourth-order valence-electron chi connectivity index (χ4n) is 1.53. The van der Waals surface area contributed by atoms with E-state index < -0.39 is 0 Å². The molecule has 0 aliphatic carbocycles. The first-order chi connectivity index (χ1) is 8.20. The third-order valence-corrected chi connectivity index (χ3v) is 2.55.